The number of aromatic amines is 1. The van der Waals surface area contributed by atoms with Crippen molar-refractivity contribution in [3.8, 4) is 0 Å². The van der Waals surface area contributed by atoms with E-state index in [4.69, 9.17) is 18.5 Å². The van der Waals surface area contributed by atoms with Crippen LogP contribution in [-0.4, -0.2) is 58.2 Å². The molecule has 2 saturated heterocycles. The summed E-state index contributed by atoms with van der Waals surface area (Å²) >= 11 is 0. The smallest absolute Gasteiger partial charge is 0.406 e. The molecular weight excluding hydrogens is 445 g/mol. The maximum atomic E-state index is 13.2. The van der Waals surface area contributed by atoms with Crippen LogP contribution in [0.2, 0.25) is 0 Å². The molecule has 180 valence electrons. The number of carbonyl (C=O) groups excluding carboxylic acids is 1. The maximum absolute atomic E-state index is 13.2. The molecule has 0 spiro atoms. The van der Waals surface area contributed by atoms with Crippen LogP contribution in [0.5, 0.6) is 0 Å². The third-order valence-corrected chi connectivity index (χ3v) is 6.76. The minimum absolute atomic E-state index is 0.103. The molecule has 0 saturated carbocycles. The van der Waals surface area contributed by atoms with Crippen LogP contribution in [0, 0.1) is 11.8 Å². The van der Waals surface area contributed by atoms with Crippen molar-refractivity contribution >= 4 is 13.7 Å². The van der Waals surface area contributed by atoms with E-state index in [1.807, 2.05) is 13.8 Å². The van der Waals surface area contributed by atoms with Crippen molar-refractivity contribution < 1.29 is 33.0 Å². The Morgan fingerprint density at radius 3 is 2.62 bits per heavy atom. The number of fused-ring (bicyclic) bond motifs is 1. The fourth-order valence-electron chi connectivity index (χ4n) is 3.66. The largest absolute Gasteiger partial charge is 0.462 e. The molecule has 0 aliphatic carbocycles. The van der Waals surface area contributed by atoms with Gasteiger partial charge in [0.15, 0.2) is 6.23 Å². The molecule has 1 aromatic heterocycles. The molecule has 3 rings (SSSR count). The average Bonchev–Trinajstić information content (AvgIpc) is 2.89. The highest BCUT2D eigenvalue weighted by atomic mass is 31.2. The average molecular weight is 475 g/mol. The molecule has 6 unspecified atom stereocenters. The normalized spacial score (nSPS) is 31.3. The molecule has 3 N–H and O–H groups in total. The van der Waals surface area contributed by atoms with Crippen molar-refractivity contribution in [3.63, 3.8) is 0 Å². The lowest BCUT2D eigenvalue weighted by Gasteiger charge is -2.25. The Balaban J connectivity index is 1.71. The Bertz CT molecular complexity index is 975. The molecule has 2 aliphatic heterocycles. The van der Waals surface area contributed by atoms with Gasteiger partial charge < -0.3 is 14.6 Å². The van der Waals surface area contributed by atoms with Gasteiger partial charge in [-0.3, -0.25) is 28.2 Å². The molecule has 2 fully saturated rings. The van der Waals surface area contributed by atoms with Gasteiger partial charge in [0.05, 0.1) is 25.4 Å². The van der Waals surface area contributed by atoms with Crippen LogP contribution in [-0.2, 0) is 27.9 Å². The lowest BCUT2D eigenvalue weighted by molar-refractivity contribution is -0.150. The van der Waals surface area contributed by atoms with E-state index in [1.165, 1.54) is 6.20 Å². The van der Waals surface area contributed by atoms with Crippen molar-refractivity contribution in [1.82, 2.24) is 14.6 Å². The summed E-state index contributed by atoms with van der Waals surface area (Å²) in [5.74, 6) is -1.11. The van der Waals surface area contributed by atoms with Crippen LogP contribution >= 0.6 is 7.75 Å². The molecule has 6 atom stereocenters. The molecule has 13 heteroatoms. The zero-order chi connectivity index (χ0) is 23.6. The second-order valence-corrected chi connectivity index (χ2v) is 10.4. The second-order valence-electron chi connectivity index (χ2n) is 8.62. The summed E-state index contributed by atoms with van der Waals surface area (Å²) in [5, 5.41) is 13.4. The number of aliphatic hydroxyl groups excluding tert-OH is 1. The minimum Gasteiger partial charge on any atom is -0.462 e. The first-order valence-corrected chi connectivity index (χ1v) is 12.1. The summed E-state index contributed by atoms with van der Waals surface area (Å²) in [6.07, 6.45) is -1.74. The van der Waals surface area contributed by atoms with Gasteiger partial charge in [-0.1, -0.05) is 13.8 Å². The van der Waals surface area contributed by atoms with Crippen molar-refractivity contribution in [2.45, 2.75) is 64.7 Å². The molecular formula is C19H30N3O9P. The predicted molar refractivity (Wildman–Crippen MR) is 112 cm³/mol. The number of esters is 1. The summed E-state index contributed by atoms with van der Waals surface area (Å²) in [4.78, 5) is 37.9. The van der Waals surface area contributed by atoms with Gasteiger partial charge in [-0.05, 0) is 26.2 Å². The van der Waals surface area contributed by atoms with Gasteiger partial charge in [0.1, 0.15) is 12.1 Å². The standard InChI is InChI=1S/C19H30N3O9P/c1-10(2)7-13(18(25)30-11(3)4)21-32(27)28-8-12-14(9-29-32)31-17(16(12)24)22-6-5-15(23)20-19(22)26/h5-6,10-14,16-17,24H,7-9H2,1-4H3,(H,21,27)(H,20,23,26). The van der Waals surface area contributed by atoms with E-state index in [-0.39, 0.29) is 25.2 Å². The Labute approximate surface area is 184 Å². The number of carbonyl (C=O) groups is 1. The summed E-state index contributed by atoms with van der Waals surface area (Å²) in [7, 11) is -3.91. The predicted octanol–water partition coefficient (Wildman–Crippen LogP) is 0.522. The summed E-state index contributed by atoms with van der Waals surface area (Å²) in [6.45, 7) is 6.86. The molecule has 0 bridgehead atoms. The molecule has 12 nitrogen and oxygen atoms in total. The van der Waals surface area contributed by atoms with Gasteiger partial charge in [0.2, 0.25) is 0 Å². The first-order chi connectivity index (χ1) is 15.0. The van der Waals surface area contributed by atoms with E-state index < -0.39 is 55.4 Å². The molecule has 3 heterocycles. The minimum atomic E-state index is -3.91. The fraction of sp³-hybridized carbons (Fsp3) is 0.737. The molecule has 1 aromatic rings. The molecule has 0 radical (unpaired) electrons. The van der Waals surface area contributed by atoms with Crippen LogP contribution in [0.15, 0.2) is 21.9 Å². The van der Waals surface area contributed by atoms with Crippen LogP contribution in [0.3, 0.4) is 0 Å². The van der Waals surface area contributed by atoms with E-state index in [9.17, 15) is 24.1 Å². The molecule has 0 aromatic carbocycles. The van der Waals surface area contributed by atoms with Crippen molar-refractivity contribution in [2.75, 3.05) is 13.2 Å². The third kappa shape index (κ3) is 5.75. The van der Waals surface area contributed by atoms with Crippen LogP contribution in [0.4, 0.5) is 0 Å². The number of hydrogen-bond acceptors (Lipinski definition) is 9. The molecule has 0 amide bonds. The number of rotatable bonds is 7. The van der Waals surface area contributed by atoms with Gasteiger partial charge in [-0.15, -0.1) is 0 Å². The quantitative estimate of drug-likeness (QED) is 0.375. The first-order valence-electron chi connectivity index (χ1n) is 10.5. The first kappa shape index (κ1) is 24.8. The lowest BCUT2D eigenvalue weighted by atomic mass is 9.99. The van der Waals surface area contributed by atoms with Crippen molar-refractivity contribution in [3.05, 3.63) is 33.1 Å². The fourth-order valence-corrected chi connectivity index (χ4v) is 5.19. The van der Waals surface area contributed by atoms with Crippen molar-refractivity contribution in [2.24, 2.45) is 11.8 Å². The highest BCUT2D eigenvalue weighted by Gasteiger charge is 2.49. The van der Waals surface area contributed by atoms with E-state index >= 15 is 0 Å². The number of ether oxygens (including phenoxy) is 2. The van der Waals surface area contributed by atoms with Crippen LogP contribution in [0.1, 0.15) is 40.3 Å². The number of hydrogen-bond donors (Lipinski definition) is 3. The van der Waals surface area contributed by atoms with E-state index in [2.05, 4.69) is 10.1 Å². The highest BCUT2D eigenvalue weighted by molar-refractivity contribution is 7.51. The third-order valence-electron chi connectivity index (χ3n) is 5.15. The Kier molecular flexibility index (Phi) is 7.74. The second kappa shape index (κ2) is 9.98. The van der Waals surface area contributed by atoms with Gasteiger partial charge in [0, 0.05) is 18.2 Å². The summed E-state index contributed by atoms with van der Waals surface area (Å²) in [6, 6.07) is 0.238. The molecule has 2 aliphatic rings. The maximum Gasteiger partial charge on any atom is 0.406 e. The zero-order valence-corrected chi connectivity index (χ0v) is 19.3. The van der Waals surface area contributed by atoms with E-state index in [1.54, 1.807) is 13.8 Å². The summed E-state index contributed by atoms with van der Waals surface area (Å²) < 4.78 is 36.3. The van der Waals surface area contributed by atoms with Crippen molar-refractivity contribution in [1.29, 1.82) is 0 Å². The highest BCUT2D eigenvalue weighted by Crippen LogP contribution is 2.50. The SMILES string of the molecule is CC(C)CC(NP1(=O)OCC2OC(n3ccc(=O)[nH]c3=O)C(O)C2CO1)C(=O)OC(C)C. The van der Waals surface area contributed by atoms with Gasteiger partial charge in [-0.25, -0.2) is 14.4 Å². The zero-order valence-electron chi connectivity index (χ0n) is 18.4. The van der Waals surface area contributed by atoms with E-state index in [0.717, 1.165) is 10.6 Å². The van der Waals surface area contributed by atoms with Gasteiger partial charge >= 0.3 is 19.4 Å². The number of aliphatic hydroxyl groups is 1. The van der Waals surface area contributed by atoms with Gasteiger partial charge in [-0.2, -0.15) is 0 Å². The number of aromatic nitrogens is 2. The number of nitrogens with one attached hydrogen (secondary N) is 2. The topological polar surface area (TPSA) is 158 Å². The molecule has 32 heavy (non-hydrogen) atoms. The Morgan fingerprint density at radius 1 is 1.31 bits per heavy atom. The van der Waals surface area contributed by atoms with Crippen LogP contribution < -0.4 is 16.3 Å². The van der Waals surface area contributed by atoms with E-state index in [0.29, 0.717) is 6.42 Å². The summed E-state index contributed by atoms with van der Waals surface area (Å²) in [5.41, 5.74) is -1.30. The van der Waals surface area contributed by atoms with Gasteiger partial charge in [0.25, 0.3) is 5.56 Å². The number of nitrogens with zero attached hydrogens (tertiary/aromatic N) is 1. The Hall–Kier alpha value is -1.82. The monoisotopic (exact) mass is 475 g/mol. The number of H-pyrrole nitrogens is 1. The Morgan fingerprint density at radius 2 is 2.00 bits per heavy atom. The lowest BCUT2D eigenvalue weighted by Crippen LogP contribution is -2.39. The van der Waals surface area contributed by atoms with Crippen LogP contribution in [0.25, 0.3) is 0 Å².